The van der Waals surface area contributed by atoms with Crippen molar-refractivity contribution in [1.29, 1.82) is 0 Å². The van der Waals surface area contributed by atoms with Crippen molar-refractivity contribution in [3.05, 3.63) is 82.4 Å². The predicted octanol–water partition coefficient (Wildman–Crippen LogP) is 6.41. The Morgan fingerprint density at radius 1 is 1.04 bits per heavy atom. The molecule has 0 spiro atoms. The normalized spacial score (nSPS) is 13.9. The molecule has 3 rings (SSSR count). The minimum absolute atomic E-state index is 0.676. The van der Waals surface area contributed by atoms with E-state index in [-0.39, 0.29) is 0 Å². The van der Waals surface area contributed by atoms with E-state index >= 15 is 0 Å². The van der Waals surface area contributed by atoms with E-state index in [1.165, 1.54) is 44.5 Å². The quantitative estimate of drug-likeness (QED) is 0.611. The van der Waals surface area contributed by atoms with Crippen LogP contribution in [0.15, 0.2) is 49.1 Å². The highest BCUT2D eigenvalue weighted by atomic mass is 14.3. The van der Waals surface area contributed by atoms with Crippen LogP contribution in [-0.2, 0) is 19.3 Å². The van der Waals surface area contributed by atoms with Gasteiger partial charge < -0.3 is 0 Å². The lowest BCUT2D eigenvalue weighted by Crippen LogP contribution is -2.09. The second-order valence-electron chi connectivity index (χ2n) is 7.30. The summed E-state index contributed by atoms with van der Waals surface area (Å²) in [6, 6.07) is 13.3. The van der Waals surface area contributed by atoms with Gasteiger partial charge in [0, 0.05) is 0 Å². The van der Waals surface area contributed by atoms with Crippen LogP contribution in [0, 0.1) is 12.8 Å². The zero-order valence-electron chi connectivity index (χ0n) is 15.4. The summed E-state index contributed by atoms with van der Waals surface area (Å²) in [5.41, 5.74) is 11.0. The molecule has 2 aromatic rings. The highest BCUT2D eigenvalue weighted by Crippen LogP contribution is 2.39. The Morgan fingerprint density at radius 2 is 1.79 bits per heavy atom. The smallest absolute Gasteiger partial charge is 0.00790 e. The van der Waals surface area contributed by atoms with Crippen LogP contribution < -0.4 is 0 Å². The maximum Gasteiger partial charge on any atom is -0.00790 e. The fourth-order valence-corrected chi connectivity index (χ4v) is 3.85. The van der Waals surface area contributed by atoms with Crippen LogP contribution in [0.5, 0.6) is 0 Å². The van der Waals surface area contributed by atoms with Gasteiger partial charge in [0.05, 0.1) is 0 Å². The number of benzene rings is 2. The molecule has 0 heterocycles. The second-order valence-corrected chi connectivity index (χ2v) is 7.30. The minimum Gasteiger partial charge on any atom is -0.0905 e. The molecule has 0 bridgehead atoms. The van der Waals surface area contributed by atoms with Crippen LogP contribution >= 0.6 is 0 Å². The summed E-state index contributed by atoms with van der Waals surface area (Å²) in [6.07, 6.45) is 5.62. The van der Waals surface area contributed by atoms with E-state index < -0.39 is 0 Å². The zero-order chi connectivity index (χ0) is 17.3. The molecule has 0 heteroatoms. The van der Waals surface area contributed by atoms with Crippen molar-refractivity contribution >= 4 is 11.1 Å². The molecule has 24 heavy (non-hydrogen) atoms. The van der Waals surface area contributed by atoms with Gasteiger partial charge in [-0.1, -0.05) is 69.8 Å². The van der Waals surface area contributed by atoms with Crippen LogP contribution in [0.1, 0.15) is 54.2 Å². The number of fused-ring (bicyclic) bond motifs is 1. The third-order valence-corrected chi connectivity index (χ3v) is 5.13. The van der Waals surface area contributed by atoms with Crippen LogP contribution in [0.2, 0.25) is 0 Å². The van der Waals surface area contributed by atoms with Crippen LogP contribution in [0.25, 0.3) is 11.1 Å². The molecule has 0 nitrogen and oxygen atoms in total. The highest BCUT2D eigenvalue weighted by molar-refractivity contribution is 6.06. The summed E-state index contributed by atoms with van der Waals surface area (Å²) in [5, 5.41) is 0. The summed E-state index contributed by atoms with van der Waals surface area (Å²) >= 11 is 0. The van der Waals surface area contributed by atoms with Crippen LogP contribution in [-0.4, -0.2) is 0 Å². The molecule has 2 aromatic carbocycles. The van der Waals surface area contributed by atoms with Crippen molar-refractivity contribution in [3.63, 3.8) is 0 Å². The number of hydrogen-bond acceptors (Lipinski definition) is 0. The van der Waals surface area contributed by atoms with Gasteiger partial charge in [-0.15, -0.1) is 0 Å². The average Bonchev–Trinajstić information content (AvgIpc) is 2.57. The van der Waals surface area contributed by atoms with Crippen molar-refractivity contribution in [2.45, 2.75) is 47.0 Å². The molecule has 1 aliphatic carbocycles. The van der Waals surface area contributed by atoms with E-state index in [1.54, 1.807) is 0 Å². The summed E-state index contributed by atoms with van der Waals surface area (Å²) in [4.78, 5) is 0. The highest BCUT2D eigenvalue weighted by Gasteiger charge is 2.21. The fourth-order valence-electron chi connectivity index (χ4n) is 3.85. The van der Waals surface area contributed by atoms with Crippen LogP contribution in [0.4, 0.5) is 0 Å². The van der Waals surface area contributed by atoms with Crippen molar-refractivity contribution < 1.29 is 0 Å². The van der Waals surface area contributed by atoms with Gasteiger partial charge in [-0.05, 0) is 76.6 Å². The maximum atomic E-state index is 4.47. The summed E-state index contributed by atoms with van der Waals surface area (Å²) < 4.78 is 0. The van der Waals surface area contributed by atoms with Gasteiger partial charge in [0.15, 0.2) is 0 Å². The topological polar surface area (TPSA) is 0 Å². The number of hydrogen-bond donors (Lipinski definition) is 0. The maximum absolute atomic E-state index is 4.47. The Hall–Kier alpha value is -2.08. The van der Waals surface area contributed by atoms with E-state index in [0.717, 1.165) is 19.3 Å². The third kappa shape index (κ3) is 2.98. The Kier molecular flexibility index (Phi) is 4.76. The van der Waals surface area contributed by atoms with Gasteiger partial charge >= 0.3 is 0 Å². The first-order valence-electron chi connectivity index (χ1n) is 9.12. The lowest BCUT2D eigenvalue weighted by Gasteiger charge is -2.25. The van der Waals surface area contributed by atoms with Crippen molar-refractivity contribution in [3.8, 4) is 0 Å². The predicted molar refractivity (Wildman–Crippen MR) is 106 cm³/mol. The SMILES string of the molecule is C=C1C(c2ccccc2CC)=CCc2c1ccc(C)c2CC(C)C. The Labute approximate surface area is 146 Å². The molecule has 0 aliphatic heterocycles. The molecule has 124 valence electrons. The molecular formula is C24H28. The fraction of sp³-hybridized carbons (Fsp3) is 0.333. The zero-order valence-corrected chi connectivity index (χ0v) is 15.4. The summed E-state index contributed by atoms with van der Waals surface area (Å²) in [6.45, 7) is 13.5. The molecule has 0 unspecified atom stereocenters. The van der Waals surface area contributed by atoms with E-state index in [0.29, 0.717) is 5.92 Å². The van der Waals surface area contributed by atoms with Gasteiger partial charge in [-0.3, -0.25) is 0 Å². The third-order valence-electron chi connectivity index (χ3n) is 5.13. The molecule has 0 aromatic heterocycles. The molecule has 0 atom stereocenters. The molecule has 0 fully saturated rings. The van der Waals surface area contributed by atoms with Crippen molar-refractivity contribution in [2.24, 2.45) is 5.92 Å². The van der Waals surface area contributed by atoms with Gasteiger partial charge in [0.25, 0.3) is 0 Å². The average molecular weight is 316 g/mol. The second kappa shape index (κ2) is 6.81. The van der Waals surface area contributed by atoms with Gasteiger partial charge in [0.1, 0.15) is 0 Å². The molecular weight excluding hydrogens is 288 g/mol. The first-order chi connectivity index (χ1) is 11.5. The van der Waals surface area contributed by atoms with Gasteiger partial charge in [-0.2, -0.15) is 0 Å². The van der Waals surface area contributed by atoms with Gasteiger partial charge in [-0.25, -0.2) is 0 Å². The van der Waals surface area contributed by atoms with E-state index in [1.807, 2.05) is 0 Å². The molecule has 0 amide bonds. The first kappa shape index (κ1) is 16.8. The number of rotatable bonds is 4. The Balaban J connectivity index is 2.07. The molecule has 0 radical (unpaired) electrons. The molecule has 0 saturated carbocycles. The van der Waals surface area contributed by atoms with Crippen LogP contribution in [0.3, 0.4) is 0 Å². The lowest BCUT2D eigenvalue weighted by molar-refractivity contribution is 0.641. The Morgan fingerprint density at radius 3 is 2.50 bits per heavy atom. The largest absolute Gasteiger partial charge is 0.0905 e. The van der Waals surface area contributed by atoms with E-state index in [9.17, 15) is 0 Å². The van der Waals surface area contributed by atoms with E-state index in [4.69, 9.17) is 0 Å². The minimum atomic E-state index is 0.676. The lowest BCUT2D eigenvalue weighted by atomic mass is 9.79. The molecule has 0 N–H and O–H groups in total. The van der Waals surface area contributed by atoms with Crippen molar-refractivity contribution in [2.75, 3.05) is 0 Å². The summed E-state index contributed by atoms with van der Waals surface area (Å²) in [5.74, 6) is 0.676. The summed E-state index contributed by atoms with van der Waals surface area (Å²) in [7, 11) is 0. The first-order valence-corrected chi connectivity index (χ1v) is 9.12. The standard InChI is InChI=1S/C24H28/c1-6-19-9-7-8-10-22(19)20-13-14-23-21(18(20)5)12-11-17(4)24(23)15-16(2)3/h7-13,16H,5-6,14-15H2,1-4H3. The number of allylic oxidation sites excluding steroid dienone is 3. The molecule has 1 aliphatic rings. The Bertz CT molecular complexity index is 803. The van der Waals surface area contributed by atoms with Gasteiger partial charge in [0.2, 0.25) is 0 Å². The van der Waals surface area contributed by atoms with E-state index in [2.05, 4.69) is 76.7 Å². The molecule has 0 saturated heterocycles. The van der Waals surface area contributed by atoms with Crippen molar-refractivity contribution in [1.82, 2.24) is 0 Å². The number of aryl methyl sites for hydroxylation is 2. The monoisotopic (exact) mass is 316 g/mol.